The number of hydrogen-bond acceptors (Lipinski definition) is 3. The van der Waals surface area contributed by atoms with E-state index in [2.05, 4.69) is 5.32 Å². The Labute approximate surface area is 137 Å². The van der Waals surface area contributed by atoms with Gasteiger partial charge in [-0.1, -0.05) is 31.2 Å². The van der Waals surface area contributed by atoms with E-state index < -0.39 is 0 Å². The minimum atomic E-state index is -0.125. The lowest BCUT2D eigenvalue weighted by molar-refractivity contribution is -0.119. The molecule has 2 aromatic carbocycles. The summed E-state index contributed by atoms with van der Waals surface area (Å²) in [6.07, 6.45) is 1.31. The van der Waals surface area contributed by atoms with E-state index in [9.17, 15) is 4.79 Å². The van der Waals surface area contributed by atoms with Crippen LogP contribution in [-0.4, -0.2) is 24.7 Å². The number of benzene rings is 2. The summed E-state index contributed by atoms with van der Waals surface area (Å²) >= 11 is 0. The SMILES string of the molecule is COc1ccc(CC(C)C(=O)Nc2ccc(CCO)cc2)cc1. The van der Waals surface area contributed by atoms with Crippen molar-refractivity contribution in [3.63, 3.8) is 0 Å². The largest absolute Gasteiger partial charge is 0.497 e. The number of carbonyl (C=O) groups excluding carboxylic acids is 1. The van der Waals surface area contributed by atoms with E-state index in [-0.39, 0.29) is 18.4 Å². The van der Waals surface area contributed by atoms with Crippen LogP contribution in [0, 0.1) is 5.92 Å². The topological polar surface area (TPSA) is 58.6 Å². The maximum Gasteiger partial charge on any atom is 0.227 e. The summed E-state index contributed by atoms with van der Waals surface area (Å²) in [4.78, 5) is 12.3. The zero-order valence-corrected chi connectivity index (χ0v) is 13.6. The number of aliphatic hydroxyl groups excluding tert-OH is 1. The molecule has 4 nitrogen and oxygen atoms in total. The smallest absolute Gasteiger partial charge is 0.227 e. The molecule has 0 fully saturated rings. The molecular formula is C19H23NO3. The number of ether oxygens (including phenoxy) is 1. The number of carbonyl (C=O) groups is 1. The Kier molecular flexibility index (Phi) is 6.18. The van der Waals surface area contributed by atoms with E-state index in [1.165, 1.54) is 0 Å². The molecule has 0 bridgehead atoms. The van der Waals surface area contributed by atoms with Crippen molar-refractivity contribution < 1.29 is 14.6 Å². The van der Waals surface area contributed by atoms with Gasteiger partial charge in [0, 0.05) is 18.2 Å². The Bertz CT molecular complexity index is 620. The number of amides is 1. The molecule has 4 heteroatoms. The molecule has 0 spiro atoms. The molecule has 0 aliphatic rings. The van der Waals surface area contributed by atoms with Crippen LogP contribution < -0.4 is 10.1 Å². The summed E-state index contributed by atoms with van der Waals surface area (Å²) in [5.74, 6) is 0.685. The van der Waals surface area contributed by atoms with Crippen LogP contribution in [0.4, 0.5) is 5.69 Å². The fourth-order valence-corrected chi connectivity index (χ4v) is 2.36. The van der Waals surface area contributed by atoms with Crippen molar-refractivity contribution in [1.29, 1.82) is 0 Å². The molecule has 0 saturated carbocycles. The molecule has 122 valence electrons. The molecule has 0 aliphatic heterocycles. The van der Waals surface area contributed by atoms with E-state index in [0.29, 0.717) is 12.8 Å². The van der Waals surface area contributed by atoms with Gasteiger partial charge in [-0.2, -0.15) is 0 Å². The van der Waals surface area contributed by atoms with Crippen molar-refractivity contribution in [3.05, 3.63) is 59.7 Å². The van der Waals surface area contributed by atoms with Gasteiger partial charge >= 0.3 is 0 Å². The first kappa shape index (κ1) is 17.0. The van der Waals surface area contributed by atoms with Crippen LogP contribution in [0.5, 0.6) is 5.75 Å². The number of aliphatic hydroxyl groups is 1. The third-order valence-corrected chi connectivity index (χ3v) is 3.77. The highest BCUT2D eigenvalue weighted by molar-refractivity contribution is 5.92. The summed E-state index contributed by atoms with van der Waals surface area (Å²) in [5.41, 5.74) is 2.93. The first-order valence-corrected chi connectivity index (χ1v) is 7.76. The monoisotopic (exact) mass is 313 g/mol. The Morgan fingerprint density at radius 3 is 2.26 bits per heavy atom. The maximum atomic E-state index is 12.3. The van der Waals surface area contributed by atoms with Gasteiger partial charge in [0.1, 0.15) is 5.75 Å². The lowest BCUT2D eigenvalue weighted by atomic mass is 10.00. The highest BCUT2D eigenvalue weighted by atomic mass is 16.5. The predicted octanol–water partition coefficient (Wildman–Crippen LogP) is 3.05. The average molecular weight is 313 g/mol. The zero-order chi connectivity index (χ0) is 16.7. The van der Waals surface area contributed by atoms with Gasteiger partial charge < -0.3 is 15.2 Å². The van der Waals surface area contributed by atoms with Gasteiger partial charge in [0.05, 0.1) is 7.11 Å². The second kappa shape index (κ2) is 8.34. The lowest BCUT2D eigenvalue weighted by Gasteiger charge is -2.13. The number of rotatable bonds is 7. The van der Waals surface area contributed by atoms with Crippen LogP contribution >= 0.6 is 0 Å². The summed E-state index contributed by atoms with van der Waals surface area (Å²) in [7, 11) is 1.64. The molecule has 2 aromatic rings. The molecule has 0 radical (unpaired) electrons. The number of anilines is 1. The van der Waals surface area contributed by atoms with E-state index in [0.717, 1.165) is 22.6 Å². The normalized spacial score (nSPS) is 11.8. The average Bonchev–Trinajstić information content (AvgIpc) is 2.57. The van der Waals surface area contributed by atoms with Gasteiger partial charge in [-0.25, -0.2) is 0 Å². The maximum absolute atomic E-state index is 12.3. The fourth-order valence-electron chi connectivity index (χ4n) is 2.36. The summed E-state index contributed by atoms with van der Waals surface area (Å²) in [6.45, 7) is 2.05. The minimum Gasteiger partial charge on any atom is -0.497 e. The molecule has 1 atom stereocenters. The molecule has 23 heavy (non-hydrogen) atoms. The molecule has 0 aromatic heterocycles. The Hall–Kier alpha value is -2.33. The predicted molar refractivity (Wildman–Crippen MR) is 91.7 cm³/mol. The highest BCUT2D eigenvalue weighted by Gasteiger charge is 2.14. The molecule has 0 saturated heterocycles. The third-order valence-electron chi connectivity index (χ3n) is 3.77. The molecular weight excluding hydrogens is 290 g/mol. The molecule has 2 rings (SSSR count). The van der Waals surface area contributed by atoms with Gasteiger partial charge in [-0.15, -0.1) is 0 Å². The molecule has 0 aliphatic carbocycles. The molecule has 1 unspecified atom stereocenters. The van der Waals surface area contributed by atoms with Gasteiger partial charge in [-0.3, -0.25) is 4.79 Å². The van der Waals surface area contributed by atoms with Crippen LogP contribution in [0.2, 0.25) is 0 Å². The van der Waals surface area contributed by atoms with Crippen LogP contribution in [0.1, 0.15) is 18.1 Å². The number of nitrogens with one attached hydrogen (secondary N) is 1. The number of methoxy groups -OCH3 is 1. The van der Waals surface area contributed by atoms with Crippen molar-refractivity contribution in [2.45, 2.75) is 19.8 Å². The molecule has 1 amide bonds. The Morgan fingerprint density at radius 2 is 1.70 bits per heavy atom. The van der Waals surface area contributed by atoms with E-state index in [1.54, 1.807) is 7.11 Å². The third kappa shape index (κ3) is 5.11. The highest BCUT2D eigenvalue weighted by Crippen LogP contribution is 2.16. The van der Waals surface area contributed by atoms with Crippen LogP contribution in [0.3, 0.4) is 0 Å². The molecule has 0 heterocycles. The van der Waals surface area contributed by atoms with Crippen molar-refractivity contribution in [1.82, 2.24) is 0 Å². The fraction of sp³-hybridized carbons (Fsp3) is 0.316. The van der Waals surface area contributed by atoms with Gasteiger partial charge in [0.2, 0.25) is 5.91 Å². The van der Waals surface area contributed by atoms with Gasteiger partial charge in [0.25, 0.3) is 0 Å². The van der Waals surface area contributed by atoms with Gasteiger partial charge in [-0.05, 0) is 48.2 Å². The standard InChI is InChI=1S/C19H23NO3/c1-14(13-16-5-9-18(23-2)10-6-16)19(22)20-17-7-3-15(4-8-17)11-12-21/h3-10,14,21H,11-13H2,1-2H3,(H,20,22). The molecule has 2 N–H and O–H groups in total. The van der Waals surface area contributed by atoms with E-state index in [1.807, 2.05) is 55.5 Å². The van der Waals surface area contributed by atoms with Crippen LogP contribution in [-0.2, 0) is 17.6 Å². The first-order valence-electron chi connectivity index (χ1n) is 7.76. The zero-order valence-electron chi connectivity index (χ0n) is 13.6. The van der Waals surface area contributed by atoms with E-state index in [4.69, 9.17) is 9.84 Å². The van der Waals surface area contributed by atoms with Crippen molar-refractivity contribution in [3.8, 4) is 5.75 Å². The second-order valence-electron chi connectivity index (χ2n) is 5.61. The summed E-state index contributed by atoms with van der Waals surface area (Å²) < 4.78 is 5.13. The summed E-state index contributed by atoms with van der Waals surface area (Å²) in [6, 6.07) is 15.3. The van der Waals surface area contributed by atoms with Crippen LogP contribution in [0.15, 0.2) is 48.5 Å². The van der Waals surface area contributed by atoms with Crippen LogP contribution in [0.25, 0.3) is 0 Å². The minimum absolute atomic E-state index is 0.00396. The van der Waals surface area contributed by atoms with Gasteiger partial charge in [0.15, 0.2) is 0 Å². The van der Waals surface area contributed by atoms with Crippen molar-refractivity contribution in [2.24, 2.45) is 5.92 Å². The first-order chi connectivity index (χ1) is 11.1. The quantitative estimate of drug-likeness (QED) is 0.826. The Morgan fingerprint density at radius 1 is 1.09 bits per heavy atom. The van der Waals surface area contributed by atoms with Crippen molar-refractivity contribution >= 4 is 11.6 Å². The summed E-state index contributed by atoms with van der Waals surface area (Å²) in [5, 5.41) is 11.8. The Balaban J connectivity index is 1.90. The number of hydrogen-bond donors (Lipinski definition) is 2. The van der Waals surface area contributed by atoms with Crippen molar-refractivity contribution in [2.75, 3.05) is 19.0 Å². The second-order valence-corrected chi connectivity index (χ2v) is 5.61. The van der Waals surface area contributed by atoms with E-state index >= 15 is 0 Å². The lowest BCUT2D eigenvalue weighted by Crippen LogP contribution is -2.22.